The third-order valence-corrected chi connectivity index (χ3v) is 3.09. The predicted octanol–water partition coefficient (Wildman–Crippen LogP) is 1.25. The van der Waals surface area contributed by atoms with Gasteiger partial charge in [-0.05, 0) is 23.6 Å². The molecule has 0 saturated heterocycles. The maximum Gasteiger partial charge on any atom is 0.358 e. The second-order valence-corrected chi connectivity index (χ2v) is 5.00. The molecule has 0 aliphatic rings. The van der Waals surface area contributed by atoms with E-state index in [1.165, 1.54) is 0 Å². The molecule has 0 unspecified atom stereocenters. The van der Waals surface area contributed by atoms with Crippen LogP contribution in [0.1, 0.15) is 51.9 Å². The Balaban J connectivity index is 2.31. The highest BCUT2D eigenvalue weighted by Crippen LogP contribution is 2.19. The van der Waals surface area contributed by atoms with E-state index in [9.17, 15) is 9.59 Å². The first-order valence-electron chi connectivity index (χ1n) is 6.45. The fourth-order valence-electron chi connectivity index (χ4n) is 2.11. The molecule has 21 heavy (non-hydrogen) atoms. The van der Waals surface area contributed by atoms with Crippen LogP contribution in [0.3, 0.4) is 0 Å². The van der Waals surface area contributed by atoms with E-state index in [2.05, 4.69) is 10.3 Å². The van der Waals surface area contributed by atoms with E-state index in [0.29, 0.717) is 17.8 Å². The van der Waals surface area contributed by atoms with Crippen LogP contribution in [0.5, 0.6) is 0 Å². The van der Waals surface area contributed by atoms with Crippen molar-refractivity contribution in [2.75, 3.05) is 0 Å². The molecule has 1 amide bonds. The fourth-order valence-corrected chi connectivity index (χ4v) is 2.11. The summed E-state index contributed by atoms with van der Waals surface area (Å²) in [6.07, 6.45) is 0. The molecular formula is C14H16N4O3. The molecule has 7 nitrogen and oxygen atoms in total. The predicted molar refractivity (Wildman–Crippen MR) is 75.1 cm³/mol. The summed E-state index contributed by atoms with van der Waals surface area (Å²) in [4.78, 5) is 22.2. The van der Waals surface area contributed by atoms with Gasteiger partial charge < -0.3 is 10.8 Å². The lowest BCUT2D eigenvalue weighted by molar-refractivity contribution is 0.0688. The van der Waals surface area contributed by atoms with Gasteiger partial charge in [0, 0.05) is 5.56 Å². The van der Waals surface area contributed by atoms with Gasteiger partial charge in [0.15, 0.2) is 5.69 Å². The van der Waals surface area contributed by atoms with E-state index < -0.39 is 11.9 Å². The van der Waals surface area contributed by atoms with Gasteiger partial charge in [0.25, 0.3) is 0 Å². The maximum atomic E-state index is 11.1. The van der Waals surface area contributed by atoms with E-state index in [1.807, 2.05) is 13.8 Å². The van der Waals surface area contributed by atoms with Crippen molar-refractivity contribution in [3.05, 3.63) is 46.8 Å². The van der Waals surface area contributed by atoms with Gasteiger partial charge in [0.05, 0.1) is 12.2 Å². The lowest BCUT2D eigenvalue weighted by Crippen LogP contribution is -2.12. The average Bonchev–Trinajstić information content (AvgIpc) is 2.83. The molecule has 1 heterocycles. The molecule has 110 valence electrons. The molecule has 3 N–H and O–H groups in total. The van der Waals surface area contributed by atoms with Crippen molar-refractivity contribution in [3.63, 3.8) is 0 Å². The second kappa shape index (κ2) is 5.74. The van der Waals surface area contributed by atoms with Crippen molar-refractivity contribution in [1.29, 1.82) is 0 Å². The monoisotopic (exact) mass is 288 g/mol. The summed E-state index contributed by atoms with van der Waals surface area (Å²) in [5, 5.41) is 16.7. The Bertz CT molecular complexity index is 674. The standard InChI is InChI=1S/C14H16N4O3/c1-8(2)12-11(14(20)21)16-17-18(12)7-9-3-5-10(6-4-9)13(15)19/h3-6,8H,7H2,1-2H3,(H2,15,19)(H,20,21). The van der Waals surface area contributed by atoms with E-state index in [1.54, 1.807) is 28.9 Å². The van der Waals surface area contributed by atoms with Crippen molar-refractivity contribution in [3.8, 4) is 0 Å². The van der Waals surface area contributed by atoms with Crippen LogP contribution in [0.15, 0.2) is 24.3 Å². The van der Waals surface area contributed by atoms with E-state index >= 15 is 0 Å². The Morgan fingerprint density at radius 1 is 1.29 bits per heavy atom. The Morgan fingerprint density at radius 3 is 2.38 bits per heavy atom. The Hall–Kier alpha value is -2.70. The molecule has 0 fully saturated rings. The highest BCUT2D eigenvalue weighted by molar-refractivity contribution is 5.92. The Kier molecular flexibility index (Phi) is 4.02. The van der Waals surface area contributed by atoms with Crippen molar-refractivity contribution in [2.45, 2.75) is 26.3 Å². The maximum absolute atomic E-state index is 11.1. The van der Waals surface area contributed by atoms with Crippen molar-refractivity contribution in [1.82, 2.24) is 15.0 Å². The number of rotatable bonds is 5. The number of carbonyl (C=O) groups is 2. The van der Waals surface area contributed by atoms with Crippen LogP contribution in [-0.4, -0.2) is 32.0 Å². The highest BCUT2D eigenvalue weighted by Gasteiger charge is 2.21. The summed E-state index contributed by atoms with van der Waals surface area (Å²) in [6.45, 7) is 4.16. The molecule has 0 bridgehead atoms. The number of benzene rings is 1. The summed E-state index contributed by atoms with van der Waals surface area (Å²) >= 11 is 0. The zero-order valence-corrected chi connectivity index (χ0v) is 11.8. The smallest absolute Gasteiger partial charge is 0.358 e. The second-order valence-electron chi connectivity index (χ2n) is 5.00. The summed E-state index contributed by atoms with van der Waals surface area (Å²) in [5.74, 6) is -1.59. The topological polar surface area (TPSA) is 111 Å². The number of nitrogens with two attached hydrogens (primary N) is 1. The van der Waals surface area contributed by atoms with Gasteiger partial charge in [-0.25, -0.2) is 9.48 Å². The molecule has 7 heteroatoms. The lowest BCUT2D eigenvalue weighted by atomic mass is 10.1. The van der Waals surface area contributed by atoms with Crippen LogP contribution in [-0.2, 0) is 6.54 Å². The summed E-state index contributed by atoms with van der Waals surface area (Å²) in [5.41, 5.74) is 7.03. The molecule has 0 aliphatic heterocycles. The van der Waals surface area contributed by atoms with Crippen molar-refractivity contribution in [2.24, 2.45) is 5.73 Å². The van der Waals surface area contributed by atoms with E-state index in [-0.39, 0.29) is 11.6 Å². The van der Waals surface area contributed by atoms with Crippen LogP contribution in [0.2, 0.25) is 0 Å². The molecule has 1 aromatic carbocycles. The minimum Gasteiger partial charge on any atom is -0.476 e. The molecule has 2 rings (SSSR count). The third kappa shape index (κ3) is 3.07. The number of primary amides is 1. The highest BCUT2D eigenvalue weighted by atomic mass is 16.4. The van der Waals surface area contributed by atoms with Crippen LogP contribution < -0.4 is 5.73 Å². The number of hydrogen-bond acceptors (Lipinski definition) is 4. The van der Waals surface area contributed by atoms with Gasteiger partial charge in [-0.3, -0.25) is 4.79 Å². The van der Waals surface area contributed by atoms with E-state index in [0.717, 1.165) is 5.56 Å². The summed E-state index contributed by atoms with van der Waals surface area (Å²) in [7, 11) is 0. The van der Waals surface area contributed by atoms with Gasteiger partial charge in [-0.1, -0.05) is 31.2 Å². The largest absolute Gasteiger partial charge is 0.476 e. The first kappa shape index (κ1) is 14.7. The first-order chi connectivity index (χ1) is 9.90. The number of aromatic nitrogens is 3. The van der Waals surface area contributed by atoms with Crippen molar-refractivity contribution >= 4 is 11.9 Å². The molecule has 0 aliphatic carbocycles. The summed E-state index contributed by atoms with van der Waals surface area (Å²) in [6, 6.07) is 6.77. The minimum absolute atomic E-state index is 0.0176. The molecule has 0 spiro atoms. The summed E-state index contributed by atoms with van der Waals surface area (Å²) < 4.78 is 1.56. The normalized spacial score (nSPS) is 10.8. The van der Waals surface area contributed by atoms with Gasteiger partial charge in [0.2, 0.25) is 5.91 Å². The molecule has 2 aromatic rings. The first-order valence-corrected chi connectivity index (χ1v) is 6.45. The molecule has 0 saturated carbocycles. The van der Waals surface area contributed by atoms with Crippen molar-refractivity contribution < 1.29 is 14.7 Å². The Labute approximate surface area is 121 Å². The molecule has 1 aromatic heterocycles. The number of aromatic carboxylic acids is 1. The fraction of sp³-hybridized carbons (Fsp3) is 0.286. The number of hydrogen-bond donors (Lipinski definition) is 2. The number of carboxylic acid groups (broad SMARTS) is 1. The third-order valence-electron chi connectivity index (χ3n) is 3.09. The lowest BCUT2D eigenvalue weighted by Gasteiger charge is -2.10. The number of amides is 1. The average molecular weight is 288 g/mol. The minimum atomic E-state index is -1.09. The SMILES string of the molecule is CC(C)c1c(C(=O)O)nnn1Cc1ccc(C(N)=O)cc1. The van der Waals surface area contributed by atoms with Crippen LogP contribution in [0.4, 0.5) is 0 Å². The van der Waals surface area contributed by atoms with Gasteiger partial charge in [0.1, 0.15) is 0 Å². The van der Waals surface area contributed by atoms with Crippen LogP contribution in [0.25, 0.3) is 0 Å². The molecule has 0 atom stereocenters. The molecular weight excluding hydrogens is 272 g/mol. The number of carbonyl (C=O) groups excluding carboxylic acids is 1. The quantitative estimate of drug-likeness (QED) is 0.860. The van der Waals surface area contributed by atoms with Gasteiger partial charge in [-0.15, -0.1) is 5.10 Å². The number of carboxylic acids is 1. The van der Waals surface area contributed by atoms with Gasteiger partial charge in [-0.2, -0.15) is 0 Å². The zero-order valence-electron chi connectivity index (χ0n) is 11.8. The Morgan fingerprint density at radius 2 is 1.90 bits per heavy atom. The van der Waals surface area contributed by atoms with E-state index in [4.69, 9.17) is 10.8 Å². The molecule has 0 radical (unpaired) electrons. The van der Waals surface area contributed by atoms with Crippen LogP contribution in [0, 0.1) is 0 Å². The zero-order chi connectivity index (χ0) is 15.6. The van der Waals surface area contributed by atoms with Crippen LogP contribution >= 0.6 is 0 Å². The number of nitrogens with zero attached hydrogens (tertiary/aromatic N) is 3. The van der Waals surface area contributed by atoms with Gasteiger partial charge >= 0.3 is 5.97 Å².